The van der Waals surface area contributed by atoms with Crippen molar-refractivity contribution in [2.75, 3.05) is 6.61 Å². The van der Waals surface area contributed by atoms with Crippen LogP contribution in [0.25, 0.3) is 16.3 Å². The molecule has 0 saturated carbocycles. The van der Waals surface area contributed by atoms with E-state index in [4.69, 9.17) is 4.74 Å². The minimum atomic E-state index is -0.656. The second kappa shape index (κ2) is 9.36. The fraction of sp³-hybridized carbons (Fsp3) is 0.0870. The third-order valence-electron chi connectivity index (χ3n) is 4.43. The van der Waals surface area contributed by atoms with Gasteiger partial charge in [0.25, 0.3) is 5.91 Å². The monoisotopic (exact) mass is 435 g/mol. The quantitative estimate of drug-likeness (QED) is 0.441. The van der Waals surface area contributed by atoms with Gasteiger partial charge in [-0.25, -0.2) is 13.9 Å². The molecule has 4 aromatic rings. The first-order valence-corrected chi connectivity index (χ1v) is 10.4. The lowest BCUT2D eigenvalue weighted by Crippen LogP contribution is -2.28. The van der Waals surface area contributed by atoms with Gasteiger partial charge >= 0.3 is 5.97 Å². The highest BCUT2D eigenvalue weighted by Crippen LogP contribution is 2.26. The Morgan fingerprint density at radius 1 is 1.03 bits per heavy atom. The van der Waals surface area contributed by atoms with E-state index in [1.807, 2.05) is 47.8 Å². The molecule has 0 aliphatic heterocycles. The fourth-order valence-corrected chi connectivity index (χ4v) is 3.58. The summed E-state index contributed by atoms with van der Waals surface area (Å²) in [6, 6.07) is 20.5. The third-order valence-corrected chi connectivity index (χ3v) is 5.32. The second-order valence-corrected chi connectivity index (χ2v) is 7.57. The Kier molecular flexibility index (Phi) is 6.18. The van der Waals surface area contributed by atoms with E-state index >= 15 is 0 Å². The Labute approximate surface area is 181 Å². The van der Waals surface area contributed by atoms with Crippen molar-refractivity contribution in [2.45, 2.75) is 6.54 Å². The number of nitrogens with one attached hydrogen (secondary N) is 1. The predicted molar refractivity (Wildman–Crippen MR) is 115 cm³/mol. The van der Waals surface area contributed by atoms with Crippen LogP contribution >= 0.6 is 11.3 Å². The number of halogens is 1. The summed E-state index contributed by atoms with van der Waals surface area (Å²) in [6.07, 6.45) is 0. The molecule has 2 aromatic heterocycles. The van der Waals surface area contributed by atoms with Crippen LogP contribution in [0.2, 0.25) is 0 Å². The first kappa shape index (κ1) is 20.5. The van der Waals surface area contributed by atoms with Gasteiger partial charge in [0, 0.05) is 12.6 Å². The Morgan fingerprint density at radius 2 is 1.81 bits per heavy atom. The van der Waals surface area contributed by atoms with Crippen LogP contribution in [0.1, 0.15) is 16.1 Å². The van der Waals surface area contributed by atoms with Crippen molar-refractivity contribution in [2.24, 2.45) is 0 Å². The van der Waals surface area contributed by atoms with E-state index in [9.17, 15) is 14.0 Å². The number of carbonyl (C=O) groups is 2. The van der Waals surface area contributed by atoms with Crippen molar-refractivity contribution in [1.82, 2.24) is 15.1 Å². The molecule has 0 atom stereocenters. The standard InChI is InChI=1S/C23H18FN3O3S/c24-17-10-8-16(9-11-17)14-25-22(28)15-30-23(29)20-13-19(21-7-4-12-31-21)26-27(20)18-5-2-1-3-6-18/h1-13H,14-15H2,(H,25,28). The van der Waals surface area contributed by atoms with Gasteiger partial charge in [0.2, 0.25) is 0 Å². The molecule has 2 aromatic carbocycles. The van der Waals surface area contributed by atoms with Crippen molar-refractivity contribution < 1.29 is 18.7 Å². The zero-order chi connectivity index (χ0) is 21.6. The Balaban J connectivity index is 1.45. The van der Waals surface area contributed by atoms with Crippen molar-refractivity contribution in [3.05, 3.63) is 95.3 Å². The van der Waals surface area contributed by atoms with Crippen LogP contribution in [0.15, 0.2) is 78.2 Å². The van der Waals surface area contributed by atoms with E-state index in [1.165, 1.54) is 28.2 Å². The summed E-state index contributed by atoms with van der Waals surface area (Å²) in [6.45, 7) is -0.227. The van der Waals surface area contributed by atoms with Gasteiger partial charge in [0.1, 0.15) is 11.5 Å². The van der Waals surface area contributed by atoms with Gasteiger partial charge in [-0.05, 0) is 41.3 Å². The van der Waals surface area contributed by atoms with Crippen LogP contribution in [-0.2, 0) is 16.1 Å². The van der Waals surface area contributed by atoms with Gasteiger partial charge in [0.15, 0.2) is 12.3 Å². The Morgan fingerprint density at radius 3 is 2.52 bits per heavy atom. The minimum absolute atomic E-state index is 0.209. The summed E-state index contributed by atoms with van der Waals surface area (Å²) in [5.41, 5.74) is 2.31. The van der Waals surface area contributed by atoms with Crippen LogP contribution in [0, 0.1) is 5.82 Å². The largest absolute Gasteiger partial charge is 0.451 e. The van der Waals surface area contributed by atoms with E-state index in [0.29, 0.717) is 11.4 Å². The molecule has 0 spiro atoms. The summed E-state index contributed by atoms with van der Waals surface area (Å²) in [7, 11) is 0. The van der Waals surface area contributed by atoms with Crippen LogP contribution in [0.3, 0.4) is 0 Å². The van der Waals surface area contributed by atoms with Crippen molar-refractivity contribution in [3.63, 3.8) is 0 Å². The maximum absolute atomic E-state index is 13.0. The van der Waals surface area contributed by atoms with Crippen molar-refractivity contribution in [1.29, 1.82) is 0 Å². The second-order valence-electron chi connectivity index (χ2n) is 6.62. The minimum Gasteiger partial charge on any atom is -0.451 e. The van der Waals surface area contributed by atoms with Gasteiger partial charge in [0.05, 0.1) is 10.6 Å². The van der Waals surface area contributed by atoms with Crippen LogP contribution in [0.5, 0.6) is 0 Å². The first-order valence-electron chi connectivity index (χ1n) is 9.48. The number of thiophene rings is 1. The summed E-state index contributed by atoms with van der Waals surface area (Å²) in [5, 5.41) is 9.12. The lowest BCUT2D eigenvalue weighted by atomic mass is 10.2. The highest BCUT2D eigenvalue weighted by atomic mass is 32.1. The molecule has 6 nitrogen and oxygen atoms in total. The summed E-state index contributed by atoms with van der Waals surface area (Å²) >= 11 is 1.51. The number of aromatic nitrogens is 2. The molecule has 1 amide bonds. The van der Waals surface area contributed by atoms with Crippen molar-refractivity contribution in [3.8, 4) is 16.3 Å². The summed E-state index contributed by atoms with van der Waals surface area (Å²) < 4.78 is 19.7. The lowest BCUT2D eigenvalue weighted by Gasteiger charge is -2.08. The maximum Gasteiger partial charge on any atom is 0.357 e. The molecular formula is C23H18FN3O3S. The summed E-state index contributed by atoms with van der Waals surface area (Å²) in [5.74, 6) is -1.46. The molecule has 31 heavy (non-hydrogen) atoms. The molecule has 0 aliphatic carbocycles. The average molecular weight is 435 g/mol. The average Bonchev–Trinajstić information content (AvgIpc) is 3.48. The normalized spacial score (nSPS) is 10.6. The number of carbonyl (C=O) groups excluding carboxylic acids is 2. The van der Waals surface area contributed by atoms with Gasteiger partial charge in [-0.1, -0.05) is 36.4 Å². The first-order chi connectivity index (χ1) is 15.1. The van der Waals surface area contributed by atoms with Gasteiger partial charge in [-0.2, -0.15) is 5.10 Å². The molecule has 1 N–H and O–H groups in total. The molecule has 0 unspecified atom stereocenters. The van der Waals surface area contributed by atoms with Gasteiger partial charge < -0.3 is 10.1 Å². The zero-order valence-electron chi connectivity index (χ0n) is 16.3. The number of hydrogen-bond donors (Lipinski definition) is 1. The number of para-hydroxylation sites is 1. The van der Waals surface area contributed by atoms with Crippen LogP contribution in [0.4, 0.5) is 4.39 Å². The molecule has 0 saturated heterocycles. The van der Waals surface area contributed by atoms with Gasteiger partial charge in [-0.15, -0.1) is 11.3 Å². The fourth-order valence-electron chi connectivity index (χ4n) is 2.90. The molecule has 2 heterocycles. The number of hydrogen-bond acceptors (Lipinski definition) is 5. The van der Waals surface area contributed by atoms with E-state index in [2.05, 4.69) is 10.4 Å². The number of nitrogens with zero attached hydrogens (tertiary/aromatic N) is 2. The third kappa shape index (κ3) is 5.04. The smallest absolute Gasteiger partial charge is 0.357 e. The van der Waals surface area contributed by atoms with Crippen LogP contribution < -0.4 is 5.32 Å². The Bertz CT molecular complexity index is 1170. The molecule has 4 rings (SSSR count). The lowest BCUT2D eigenvalue weighted by molar-refractivity contribution is -0.124. The zero-order valence-corrected chi connectivity index (χ0v) is 17.1. The Hall–Kier alpha value is -3.78. The SMILES string of the molecule is O=C(COC(=O)c1cc(-c2cccs2)nn1-c1ccccc1)NCc1ccc(F)cc1. The maximum atomic E-state index is 13.0. The number of amides is 1. The topological polar surface area (TPSA) is 73.2 Å². The molecule has 0 bridgehead atoms. The number of benzene rings is 2. The van der Waals surface area contributed by atoms with Gasteiger partial charge in [-0.3, -0.25) is 4.79 Å². The number of ether oxygens (including phenoxy) is 1. The molecule has 0 aliphatic rings. The number of esters is 1. The highest BCUT2D eigenvalue weighted by molar-refractivity contribution is 7.13. The molecule has 0 fully saturated rings. The van der Waals surface area contributed by atoms with Crippen molar-refractivity contribution >= 4 is 23.2 Å². The molecular weight excluding hydrogens is 417 g/mol. The molecule has 0 radical (unpaired) electrons. The number of rotatable bonds is 7. The predicted octanol–water partition coefficient (Wildman–Crippen LogP) is 4.21. The van der Waals surface area contributed by atoms with E-state index in [1.54, 1.807) is 18.2 Å². The highest BCUT2D eigenvalue weighted by Gasteiger charge is 2.20. The van der Waals surface area contributed by atoms with E-state index < -0.39 is 18.5 Å². The van der Waals surface area contributed by atoms with E-state index in [-0.39, 0.29) is 18.1 Å². The van der Waals surface area contributed by atoms with E-state index in [0.717, 1.165) is 10.4 Å². The summed E-state index contributed by atoms with van der Waals surface area (Å²) in [4.78, 5) is 25.7. The van der Waals surface area contributed by atoms with Crippen LogP contribution in [-0.4, -0.2) is 28.3 Å². The molecule has 8 heteroatoms. The molecule has 156 valence electrons.